The predicted molar refractivity (Wildman–Crippen MR) is 120 cm³/mol. The van der Waals surface area contributed by atoms with Crippen LogP contribution < -0.4 is 16.0 Å². The second-order valence-electron chi connectivity index (χ2n) is 8.80. The number of hydrogen-bond donors (Lipinski definition) is 2. The maximum atomic E-state index is 12.2. The zero-order valence-corrected chi connectivity index (χ0v) is 19.0. The van der Waals surface area contributed by atoms with Crippen LogP contribution in [0.25, 0.3) is 0 Å². The van der Waals surface area contributed by atoms with Gasteiger partial charge in [0.25, 0.3) is 0 Å². The average Bonchev–Trinajstić information content (AvgIpc) is 2.54. The van der Waals surface area contributed by atoms with Crippen molar-refractivity contribution in [2.45, 2.75) is 71.4 Å². The summed E-state index contributed by atoms with van der Waals surface area (Å²) in [5.74, 6) is 0.445. The first-order valence-electron chi connectivity index (χ1n) is 9.58. The molecule has 0 saturated carbocycles. The summed E-state index contributed by atoms with van der Waals surface area (Å²) in [6.07, 6.45) is 2.69. The van der Waals surface area contributed by atoms with Gasteiger partial charge in [-0.05, 0) is 48.3 Å². The van der Waals surface area contributed by atoms with Crippen molar-refractivity contribution in [3.8, 4) is 0 Å². The van der Waals surface area contributed by atoms with Crippen LogP contribution in [0.3, 0.4) is 0 Å². The predicted octanol–water partition coefficient (Wildman–Crippen LogP) is 4.29. The van der Waals surface area contributed by atoms with Crippen molar-refractivity contribution in [3.05, 3.63) is 29.8 Å². The van der Waals surface area contributed by atoms with E-state index in [1.807, 2.05) is 0 Å². The highest BCUT2D eigenvalue weighted by Crippen LogP contribution is 2.26. The maximum Gasteiger partial charge on any atom is 0.237 e. The molecule has 0 unspecified atom stereocenters. The lowest BCUT2D eigenvalue weighted by atomic mass is 9.87. The monoisotopic (exact) mass is 417 g/mol. The molecular formula is C21H37Cl2N3O. The minimum absolute atomic E-state index is 0. The Morgan fingerprint density at radius 2 is 1.67 bits per heavy atom. The molecule has 1 aromatic carbocycles. The molecule has 27 heavy (non-hydrogen) atoms. The topological polar surface area (TPSA) is 58.4 Å². The van der Waals surface area contributed by atoms with E-state index >= 15 is 0 Å². The van der Waals surface area contributed by atoms with Gasteiger partial charge < -0.3 is 16.0 Å². The molecule has 0 aromatic heterocycles. The van der Waals surface area contributed by atoms with Crippen molar-refractivity contribution in [3.63, 3.8) is 0 Å². The van der Waals surface area contributed by atoms with E-state index in [1.165, 1.54) is 11.3 Å². The molecule has 156 valence electrons. The molecule has 2 rings (SSSR count). The fourth-order valence-corrected chi connectivity index (χ4v) is 3.38. The molecule has 0 spiro atoms. The van der Waals surface area contributed by atoms with Crippen LogP contribution in [0, 0.1) is 5.92 Å². The molecule has 1 aliphatic heterocycles. The summed E-state index contributed by atoms with van der Waals surface area (Å²) in [5.41, 5.74) is 8.80. The normalized spacial score (nSPS) is 16.3. The van der Waals surface area contributed by atoms with Gasteiger partial charge in [0.15, 0.2) is 0 Å². The number of anilines is 1. The SMILES string of the molecule is CC(C)C[C@H](N)C(=O)NC1CCN(c2ccc(C(C)(C)C)cc2)CC1.Cl.Cl. The van der Waals surface area contributed by atoms with Crippen molar-refractivity contribution in [1.82, 2.24) is 5.32 Å². The van der Waals surface area contributed by atoms with Crippen LogP contribution in [0.4, 0.5) is 5.69 Å². The van der Waals surface area contributed by atoms with Gasteiger partial charge in [0.1, 0.15) is 0 Å². The lowest BCUT2D eigenvalue weighted by Crippen LogP contribution is -2.50. The summed E-state index contributed by atoms with van der Waals surface area (Å²) in [6.45, 7) is 12.8. The molecule has 0 aliphatic carbocycles. The number of hydrogen-bond acceptors (Lipinski definition) is 3. The number of rotatable bonds is 5. The Morgan fingerprint density at radius 3 is 2.11 bits per heavy atom. The van der Waals surface area contributed by atoms with Gasteiger partial charge in [-0.25, -0.2) is 0 Å². The van der Waals surface area contributed by atoms with E-state index in [0.717, 1.165) is 32.4 Å². The van der Waals surface area contributed by atoms with Crippen LogP contribution in [-0.2, 0) is 10.2 Å². The van der Waals surface area contributed by atoms with E-state index < -0.39 is 0 Å². The number of carbonyl (C=O) groups excluding carboxylic acids is 1. The zero-order chi connectivity index (χ0) is 18.6. The lowest BCUT2D eigenvalue weighted by Gasteiger charge is -2.34. The Hall–Kier alpha value is -0.970. The van der Waals surface area contributed by atoms with E-state index in [0.29, 0.717) is 5.92 Å². The highest BCUT2D eigenvalue weighted by molar-refractivity contribution is 5.85. The quantitative estimate of drug-likeness (QED) is 0.750. The number of nitrogens with one attached hydrogen (secondary N) is 1. The highest BCUT2D eigenvalue weighted by Gasteiger charge is 2.24. The maximum absolute atomic E-state index is 12.2. The number of halogens is 2. The third-order valence-corrected chi connectivity index (χ3v) is 5.00. The van der Waals surface area contributed by atoms with Gasteiger partial charge in [-0.15, -0.1) is 24.8 Å². The molecule has 1 heterocycles. The second-order valence-corrected chi connectivity index (χ2v) is 8.80. The Morgan fingerprint density at radius 1 is 1.15 bits per heavy atom. The number of amides is 1. The van der Waals surface area contributed by atoms with Gasteiger partial charge in [0, 0.05) is 24.8 Å². The molecule has 4 nitrogen and oxygen atoms in total. The van der Waals surface area contributed by atoms with Crippen molar-refractivity contribution >= 4 is 36.4 Å². The number of nitrogens with two attached hydrogens (primary N) is 1. The molecule has 0 radical (unpaired) electrons. The Bertz CT molecular complexity index is 562. The molecule has 0 bridgehead atoms. The number of benzene rings is 1. The van der Waals surface area contributed by atoms with Crippen LogP contribution in [0.15, 0.2) is 24.3 Å². The van der Waals surface area contributed by atoms with E-state index in [4.69, 9.17) is 5.73 Å². The fourth-order valence-electron chi connectivity index (χ4n) is 3.38. The summed E-state index contributed by atoms with van der Waals surface area (Å²) >= 11 is 0. The molecule has 1 aliphatic rings. The average molecular weight is 418 g/mol. The van der Waals surface area contributed by atoms with Gasteiger partial charge in [0.05, 0.1) is 6.04 Å². The Labute approximate surface area is 177 Å². The molecular weight excluding hydrogens is 381 g/mol. The summed E-state index contributed by atoms with van der Waals surface area (Å²) in [4.78, 5) is 14.6. The van der Waals surface area contributed by atoms with Gasteiger partial charge in [-0.2, -0.15) is 0 Å². The summed E-state index contributed by atoms with van der Waals surface area (Å²) in [5, 5.41) is 3.13. The summed E-state index contributed by atoms with van der Waals surface area (Å²) < 4.78 is 0. The van der Waals surface area contributed by atoms with Crippen molar-refractivity contribution in [2.24, 2.45) is 11.7 Å². The third-order valence-electron chi connectivity index (χ3n) is 5.00. The number of nitrogens with zero attached hydrogens (tertiary/aromatic N) is 1. The smallest absolute Gasteiger partial charge is 0.237 e. The van der Waals surface area contributed by atoms with E-state index in [9.17, 15) is 4.79 Å². The minimum Gasteiger partial charge on any atom is -0.371 e. The van der Waals surface area contributed by atoms with Crippen LogP contribution in [0.5, 0.6) is 0 Å². The number of carbonyl (C=O) groups is 1. The van der Waals surface area contributed by atoms with Crippen molar-refractivity contribution < 1.29 is 4.79 Å². The fraction of sp³-hybridized carbons (Fsp3) is 0.667. The molecule has 1 atom stereocenters. The van der Waals surface area contributed by atoms with E-state index in [2.05, 4.69) is 69.1 Å². The first-order chi connectivity index (χ1) is 11.7. The minimum atomic E-state index is -0.386. The van der Waals surface area contributed by atoms with Crippen LogP contribution in [0.1, 0.15) is 59.4 Å². The largest absolute Gasteiger partial charge is 0.371 e. The van der Waals surface area contributed by atoms with Gasteiger partial charge in [-0.3, -0.25) is 4.79 Å². The van der Waals surface area contributed by atoms with Crippen molar-refractivity contribution in [2.75, 3.05) is 18.0 Å². The summed E-state index contributed by atoms with van der Waals surface area (Å²) in [7, 11) is 0. The Kier molecular flexibility index (Phi) is 10.7. The van der Waals surface area contributed by atoms with E-state index in [-0.39, 0.29) is 48.2 Å². The first-order valence-corrected chi connectivity index (χ1v) is 9.58. The molecule has 3 N–H and O–H groups in total. The van der Waals surface area contributed by atoms with Crippen LogP contribution >= 0.6 is 24.8 Å². The Balaban J connectivity index is 0.00000338. The standard InChI is InChI=1S/C21H35N3O.2ClH/c1-15(2)14-19(22)20(25)23-17-10-12-24(13-11-17)18-8-6-16(7-9-18)21(3,4)5;;/h6-9,15,17,19H,10-14,22H2,1-5H3,(H,23,25);2*1H/t19-;;/m0../s1. The first kappa shape index (κ1) is 26.0. The van der Waals surface area contributed by atoms with Crippen LogP contribution in [-0.4, -0.2) is 31.1 Å². The van der Waals surface area contributed by atoms with E-state index in [1.54, 1.807) is 0 Å². The highest BCUT2D eigenvalue weighted by atomic mass is 35.5. The van der Waals surface area contributed by atoms with Crippen LogP contribution in [0.2, 0.25) is 0 Å². The molecule has 1 fully saturated rings. The zero-order valence-electron chi connectivity index (χ0n) is 17.3. The van der Waals surface area contributed by atoms with Gasteiger partial charge in [-0.1, -0.05) is 46.8 Å². The van der Waals surface area contributed by atoms with Gasteiger partial charge >= 0.3 is 0 Å². The lowest BCUT2D eigenvalue weighted by molar-refractivity contribution is -0.123. The molecule has 1 aromatic rings. The summed E-state index contributed by atoms with van der Waals surface area (Å²) in [6, 6.07) is 8.76. The molecule has 1 amide bonds. The number of piperidine rings is 1. The van der Waals surface area contributed by atoms with Gasteiger partial charge in [0.2, 0.25) is 5.91 Å². The molecule has 6 heteroatoms. The van der Waals surface area contributed by atoms with Crippen molar-refractivity contribution in [1.29, 1.82) is 0 Å². The third kappa shape index (κ3) is 7.89. The second kappa shape index (κ2) is 11.1. The molecule has 1 saturated heterocycles.